The molecular weight excluding hydrogens is 394 g/mol. The van der Waals surface area contributed by atoms with E-state index in [0.29, 0.717) is 29.0 Å². The molecule has 9 nitrogen and oxygen atoms in total. The number of aromatic amines is 1. The summed E-state index contributed by atoms with van der Waals surface area (Å²) in [6, 6.07) is 3.72. The molecule has 166 valence electrons. The van der Waals surface area contributed by atoms with Crippen LogP contribution in [0, 0.1) is 0 Å². The van der Waals surface area contributed by atoms with Crippen molar-refractivity contribution in [2.45, 2.75) is 45.2 Å². The number of aliphatic hydroxyl groups is 1. The minimum Gasteiger partial charge on any atom is -0.394 e. The highest BCUT2D eigenvalue weighted by atomic mass is 16.3. The number of anilines is 2. The van der Waals surface area contributed by atoms with Crippen LogP contribution in [-0.2, 0) is 6.54 Å². The molecule has 0 spiro atoms. The maximum atomic E-state index is 12.4. The molecule has 0 saturated heterocycles. The highest BCUT2D eigenvalue weighted by Crippen LogP contribution is 2.29. The Labute approximate surface area is 181 Å². The van der Waals surface area contributed by atoms with E-state index in [0.717, 1.165) is 30.4 Å². The van der Waals surface area contributed by atoms with Crippen LogP contribution in [0.3, 0.4) is 0 Å². The van der Waals surface area contributed by atoms with E-state index in [2.05, 4.69) is 32.2 Å². The Morgan fingerprint density at radius 3 is 2.77 bits per heavy atom. The van der Waals surface area contributed by atoms with E-state index in [-0.39, 0.29) is 18.1 Å². The second-order valence-electron chi connectivity index (χ2n) is 8.41. The van der Waals surface area contributed by atoms with Gasteiger partial charge in [0.05, 0.1) is 17.7 Å². The molecule has 31 heavy (non-hydrogen) atoms. The minimum absolute atomic E-state index is 0.0445. The van der Waals surface area contributed by atoms with Crippen molar-refractivity contribution in [2.75, 3.05) is 31.8 Å². The summed E-state index contributed by atoms with van der Waals surface area (Å²) in [6.07, 6.45) is 6.12. The number of nitrogens with zero attached hydrogens (tertiary/aromatic N) is 4. The predicted octanol–water partition coefficient (Wildman–Crippen LogP) is 2.38. The van der Waals surface area contributed by atoms with Crippen LogP contribution in [0.2, 0.25) is 0 Å². The van der Waals surface area contributed by atoms with Crippen LogP contribution in [-0.4, -0.2) is 56.2 Å². The first-order valence-electron chi connectivity index (χ1n) is 10.4. The van der Waals surface area contributed by atoms with Crippen molar-refractivity contribution < 1.29 is 5.11 Å². The second kappa shape index (κ2) is 9.40. The summed E-state index contributed by atoms with van der Waals surface area (Å²) in [5.74, 6) is 0.602. The van der Waals surface area contributed by atoms with E-state index in [4.69, 9.17) is 5.73 Å². The fraction of sp³-hybridized carbons (Fsp3) is 0.455. The molecular formula is C22H31N7O2. The zero-order chi connectivity index (χ0) is 22.6. The summed E-state index contributed by atoms with van der Waals surface area (Å²) in [4.78, 5) is 30.4. The Kier molecular flexibility index (Phi) is 6.87. The van der Waals surface area contributed by atoms with Crippen molar-refractivity contribution in [3.8, 4) is 11.1 Å². The summed E-state index contributed by atoms with van der Waals surface area (Å²) in [7, 11) is 3.83. The third-order valence-electron chi connectivity index (χ3n) is 5.25. The van der Waals surface area contributed by atoms with E-state index in [1.54, 1.807) is 12.4 Å². The molecule has 0 unspecified atom stereocenters. The number of H-pyrrole nitrogens is 1. The molecule has 0 saturated carbocycles. The molecule has 9 heteroatoms. The van der Waals surface area contributed by atoms with Crippen molar-refractivity contribution in [1.29, 1.82) is 0 Å². The molecule has 5 N–H and O–H groups in total. The first-order chi connectivity index (χ1) is 14.8. The highest BCUT2D eigenvalue weighted by Gasteiger charge is 2.25. The van der Waals surface area contributed by atoms with E-state index >= 15 is 0 Å². The van der Waals surface area contributed by atoms with Crippen molar-refractivity contribution >= 4 is 22.8 Å². The molecule has 0 radical (unpaired) electrons. The number of pyridine rings is 2. The van der Waals surface area contributed by atoms with Gasteiger partial charge < -0.3 is 26.0 Å². The summed E-state index contributed by atoms with van der Waals surface area (Å²) >= 11 is 0. The lowest BCUT2D eigenvalue weighted by atomic mass is 9.96. The van der Waals surface area contributed by atoms with Crippen LogP contribution in [0.25, 0.3) is 22.2 Å². The van der Waals surface area contributed by atoms with Crippen molar-refractivity contribution in [3.05, 3.63) is 40.4 Å². The molecule has 0 aromatic carbocycles. The van der Waals surface area contributed by atoms with E-state index in [1.807, 2.05) is 38.1 Å². The zero-order valence-electron chi connectivity index (χ0n) is 18.6. The van der Waals surface area contributed by atoms with Crippen molar-refractivity contribution in [3.63, 3.8) is 0 Å². The maximum Gasteiger partial charge on any atom is 0.253 e. The third kappa shape index (κ3) is 5.18. The summed E-state index contributed by atoms with van der Waals surface area (Å²) < 4.78 is 0. The van der Waals surface area contributed by atoms with Crippen LogP contribution in [0.5, 0.6) is 0 Å². The standard InChI is InChI=1S/C22H31N7O2/c1-5-6-8-22(2,13-30)28-19-18-17(26-21(23)27-19)10-14(11-25-18)15-7-9-24-20(31)16(15)12-29(3)4/h7,9-11,30H,5-6,8,12-13H2,1-4H3,(H,24,31)(H3,23,26,27,28)/t22-/m1/s1. The Morgan fingerprint density at radius 2 is 2.10 bits per heavy atom. The summed E-state index contributed by atoms with van der Waals surface area (Å²) in [5, 5.41) is 13.3. The molecule has 0 aliphatic rings. The maximum absolute atomic E-state index is 12.4. The molecule has 3 aromatic rings. The fourth-order valence-corrected chi connectivity index (χ4v) is 3.56. The second-order valence-corrected chi connectivity index (χ2v) is 8.41. The van der Waals surface area contributed by atoms with E-state index in [1.165, 1.54) is 0 Å². The lowest BCUT2D eigenvalue weighted by molar-refractivity contribution is 0.212. The minimum atomic E-state index is -0.546. The fourth-order valence-electron chi connectivity index (χ4n) is 3.56. The highest BCUT2D eigenvalue weighted by molar-refractivity contribution is 5.89. The SMILES string of the molecule is CCCC[C@](C)(CO)Nc1nc(N)nc2cc(-c3cc[nH]c(=O)c3CN(C)C)cnc12. The van der Waals surface area contributed by atoms with E-state index in [9.17, 15) is 9.90 Å². The van der Waals surface area contributed by atoms with Gasteiger partial charge in [-0.05, 0) is 45.1 Å². The quantitative estimate of drug-likeness (QED) is 0.411. The number of nitrogens with one attached hydrogen (secondary N) is 2. The topological polar surface area (TPSA) is 133 Å². The van der Waals surface area contributed by atoms with Crippen LogP contribution in [0.15, 0.2) is 29.3 Å². The van der Waals surface area contributed by atoms with Gasteiger partial charge >= 0.3 is 0 Å². The Morgan fingerprint density at radius 1 is 1.32 bits per heavy atom. The van der Waals surface area contributed by atoms with Gasteiger partial charge in [-0.15, -0.1) is 0 Å². The average molecular weight is 426 g/mol. The summed E-state index contributed by atoms with van der Waals surface area (Å²) in [6.45, 7) is 4.51. The normalized spacial score (nSPS) is 13.5. The monoisotopic (exact) mass is 425 g/mol. The number of nitrogen functional groups attached to an aromatic ring is 1. The van der Waals surface area contributed by atoms with E-state index < -0.39 is 5.54 Å². The Bertz CT molecular complexity index is 1110. The molecule has 3 heterocycles. The molecule has 1 atom stereocenters. The molecule has 0 fully saturated rings. The van der Waals surface area contributed by atoms with Crippen molar-refractivity contribution in [1.82, 2.24) is 24.8 Å². The van der Waals surface area contributed by atoms with Gasteiger partial charge in [0, 0.05) is 30.1 Å². The lowest BCUT2D eigenvalue weighted by Crippen LogP contribution is -2.39. The number of nitrogens with two attached hydrogens (primary N) is 1. The number of unbranched alkanes of at least 4 members (excludes halogenated alkanes) is 1. The molecule has 3 aromatic heterocycles. The molecule has 0 amide bonds. The smallest absolute Gasteiger partial charge is 0.253 e. The molecule has 0 aliphatic carbocycles. The van der Waals surface area contributed by atoms with Crippen LogP contribution in [0.1, 0.15) is 38.7 Å². The number of aromatic nitrogens is 4. The average Bonchev–Trinajstić information content (AvgIpc) is 2.73. The van der Waals surface area contributed by atoms with Gasteiger partial charge in [-0.1, -0.05) is 19.8 Å². The Balaban J connectivity index is 2.08. The molecule has 0 bridgehead atoms. The van der Waals surface area contributed by atoms with Gasteiger partial charge in [0.2, 0.25) is 5.95 Å². The third-order valence-corrected chi connectivity index (χ3v) is 5.25. The zero-order valence-corrected chi connectivity index (χ0v) is 18.6. The first kappa shape index (κ1) is 22.6. The molecule has 0 aliphatic heterocycles. The van der Waals surface area contributed by atoms with Crippen LogP contribution >= 0.6 is 0 Å². The van der Waals surface area contributed by atoms with Gasteiger partial charge in [-0.25, -0.2) is 4.98 Å². The summed E-state index contributed by atoms with van der Waals surface area (Å²) in [5.41, 5.74) is 8.65. The van der Waals surface area contributed by atoms with Crippen LogP contribution < -0.4 is 16.6 Å². The number of hydrogen-bond acceptors (Lipinski definition) is 8. The van der Waals surface area contributed by atoms with Crippen molar-refractivity contribution in [2.24, 2.45) is 0 Å². The number of hydrogen-bond donors (Lipinski definition) is 4. The Hall–Kier alpha value is -3.04. The number of rotatable bonds is 9. The number of fused-ring (bicyclic) bond motifs is 1. The largest absolute Gasteiger partial charge is 0.394 e. The molecule has 3 rings (SSSR count). The number of aliphatic hydroxyl groups excluding tert-OH is 1. The van der Waals surface area contributed by atoms with Gasteiger partial charge in [0.1, 0.15) is 5.52 Å². The van der Waals surface area contributed by atoms with Crippen LogP contribution in [0.4, 0.5) is 11.8 Å². The van der Waals surface area contributed by atoms with Gasteiger partial charge in [0.15, 0.2) is 5.82 Å². The van der Waals surface area contributed by atoms with Gasteiger partial charge in [-0.3, -0.25) is 9.78 Å². The lowest BCUT2D eigenvalue weighted by Gasteiger charge is -2.29. The van der Waals surface area contributed by atoms with Gasteiger partial charge in [-0.2, -0.15) is 4.98 Å². The predicted molar refractivity (Wildman–Crippen MR) is 124 cm³/mol. The first-order valence-corrected chi connectivity index (χ1v) is 10.4. The van der Waals surface area contributed by atoms with Gasteiger partial charge in [0.25, 0.3) is 5.56 Å².